The van der Waals surface area contributed by atoms with E-state index in [0.29, 0.717) is 5.75 Å². The lowest BCUT2D eigenvalue weighted by molar-refractivity contribution is 0.0268. The lowest BCUT2D eigenvalue weighted by Crippen LogP contribution is -2.36. The number of likely N-dealkylation sites (tertiary alicyclic amines) is 1. The molecule has 1 N–H and O–H groups in total. The van der Waals surface area contributed by atoms with Crippen molar-refractivity contribution in [3.8, 4) is 5.75 Å². The highest BCUT2D eigenvalue weighted by molar-refractivity contribution is 5.68. The summed E-state index contributed by atoms with van der Waals surface area (Å²) in [5.41, 5.74) is -0.585. The van der Waals surface area contributed by atoms with Crippen LogP contribution in [0.4, 0.5) is 9.18 Å². The molecule has 1 heterocycles. The van der Waals surface area contributed by atoms with E-state index in [0.717, 1.165) is 0 Å². The minimum atomic E-state index is -0.803. The lowest BCUT2D eigenvalue weighted by atomic mass is 10.2. The van der Waals surface area contributed by atoms with Crippen LogP contribution >= 0.6 is 0 Å². The van der Waals surface area contributed by atoms with Gasteiger partial charge in [-0.2, -0.15) is 0 Å². The number of aliphatic hydroxyl groups excluding tert-OH is 1. The minimum absolute atomic E-state index is 0.154. The molecular formula is C15H20FNO4. The summed E-state index contributed by atoms with van der Waals surface area (Å²) in [4.78, 5) is 13.3. The van der Waals surface area contributed by atoms with Crippen LogP contribution in [0.5, 0.6) is 5.75 Å². The summed E-state index contributed by atoms with van der Waals surface area (Å²) in [6.07, 6.45) is -1.84. The Labute approximate surface area is 123 Å². The van der Waals surface area contributed by atoms with Gasteiger partial charge in [0.2, 0.25) is 0 Å². The Morgan fingerprint density at radius 3 is 2.48 bits per heavy atom. The van der Waals surface area contributed by atoms with Crippen LogP contribution < -0.4 is 4.74 Å². The molecule has 1 aliphatic rings. The molecule has 1 saturated heterocycles. The molecule has 1 aromatic carbocycles. The Hall–Kier alpha value is -1.82. The van der Waals surface area contributed by atoms with E-state index in [9.17, 15) is 14.3 Å². The van der Waals surface area contributed by atoms with Crippen molar-refractivity contribution in [1.82, 2.24) is 4.90 Å². The third kappa shape index (κ3) is 4.32. The van der Waals surface area contributed by atoms with Crippen LogP contribution in [0.1, 0.15) is 20.8 Å². The van der Waals surface area contributed by atoms with Crippen molar-refractivity contribution in [3.05, 3.63) is 30.1 Å². The summed E-state index contributed by atoms with van der Waals surface area (Å²) in [6.45, 7) is 5.73. The summed E-state index contributed by atoms with van der Waals surface area (Å²) in [5, 5.41) is 9.97. The number of hydrogen-bond acceptors (Lipinski definition) is 4. The monoisotopic (exact) mass is 297 g/mol. The molecule has 1 amide bonds. The fourth-order valence-corrected chi connectivity index (χ4v) is 2.04. The largest absolute Gasteiger partial charge is 0.486 e. The van der Waals surface area contributed by atoms with E-state index < -0.39 is 23.9 Å². The van der Waals surface area contributed by atoms with Crippen LogP contribution in [0.25, 0.3) is 0 Å². The molecule has 5 nitrogen and oxygen atoms in total. The number of carbonyl (C=O) groups is 1. The Balaban J connectivity index is 1.94. The third-order valence-corrected chi connectivity index (χ3v) is 2.99. The van der Waals surface area contributed by atoms with Crippen molar-refractivity contribution in [3.63, 3.8) is 0 Å². The smallest absolute Gasteiger partial charge is 0.410 e. The zero-order valence-corrected chi connectivity index (χ0v) is 12.4. The Morgan fingerprint density at radius 1 is 1.29 bits per heavy atom. The highest BCUT2D eigenvalue weighted by atomic mass is 19.1. The van der Waals surface area contributed by atoms with E-state index in [1.54, 1.807) is 20.8 Å². The maximum atomic E-state index is 12.8. The van der Waals surface area contributed by atoms with Crippen LogP contribution in [-0.2, 0) is 4.74 Å². The predicted molar refractivity (Wildman–Crippen MR) is 74.6 cm³/mol. The van der Waals surface area contributed by atoms with Gasteiger partial charge in [0.1, 0.15) is 29.4 Å². The first kappa shape index (κ1) is 15.6. The van der Waals surface area contributed by atoms with E-state index in [4.69, 9.17) is 9.47 Å². The number of benzene rings is 1. The van der Waals surface area contributed by atoms with E-state index in [1.807, 2.05) is 0 Å². The van der Waals surface area contributed by atoms with Crippen molar-refractivity contribution >= 4 is 6.09 Å². The molecule has 0 bridgehead atoms. The number of halogens is 1. The molecule has 0 spiro atoms. The molecule has 116 valence electrons. The minimum Gasteiger partial charge on any atom is -0.486 e. The molecule has 21 heavy (non-hydrogen) atoms. The Morgan fingerprint density at radius 2 is 1.90 bits per heavy atom. The van der Waals surface area contributed by atoms with Crippen LogP contribution in [0, 0.1) is 5.82 Å². The van der Waals surface area contributed by atoms with E-state index in [1.165, 1.54) is 29.2 Å². The average molecular weight is 297 g/mol. The first-order valence-corrected chi connectivity index (χ1v) is 6.83. The first-order chi connectivity index (χ1) is 9.74. The maximum Gasteiger partial charge on any atom is 0.410 e. The van der Waals surface area contributed by atoms with Gasteiger partial charge in [-0.3, -0.25) is 0 Å². The third-order valence-electron chi connectivity index (χ3n) is 2.99. The van der Waals surface area contributed by atoms with Gasteiger partial charge in [-0.1, -0.05) is 0 Å². The van der Waals surface area contributed by atoms with E-state index in [-0.39, 0.29) is 18.9 Å². The zero-order valence-electron chi connectivity index (χ0n) is 12.4. The second-order valence-corrected chi connectivity index (χ2v) is 6.06. The summed E-state index contributed by atoms with van der Waals surface area (Å²) in [7, 11) is 0. The number of nitrogens with zero attached hydrogens (tertiary/aromatic N) is 1. The molecule has 1 aliphatic heterocycles. The first-order valence-electron chi connectivity index (χ1n) is 6.83. The van der Waals surface area contributed by atoms with Gasteiger partial charge >= 0.3 is 6.09 Å². The standard InChI is InChI=1S/C15H20FNO4/c1-15(2,3)21-14(19)17-8-12(18)13(9-17)20-11-6-4-10(16)5-7-11/h4-7,12-13,18H,8-9H2,1-3H3/t12-,13-/m1/s1. The molecule has 0 aliphatic carbocycles. The molecule has 2 atom stereocenters. The summed E-state index contributed by atoms with van der Waals surface area (Å²) >= 11 is 0. The fourth-order valence-electron chi connectivity index (χ4n) is 2.04. The molecule has 2 rings (SSSR count). The topological polar surface area (TPSA) is 59.0 Å². The number of amides is 1. The normalized spacial score (nSPS) is 22.2. The number of ether oxygens (including phenoxy) is 2. The van der Waals surface area contributed by atoms with Gasteiger partial charge in [0, 0.05) is 0 Å². The van der Waals surface area contributed by atoms with Gasteiger partial charge in [-0.25, -0.2) is 9.18 Å². The number of hydrogen-bond donors (Lipinski definition) is 1. The maximum absolute atomic E-state index is 12.8. The van der Waals surface area contributed by atoms with E-state index >= 15 is 0 Å². The molecule has 1 aromatic rings. The molecule has 6 heteroatoms. The van der Waals surface area contributed by atoms with Crippen LogP contribution in [0.15, 0.2) is 24.3 Å². The van der Waals surface area contributed by atoms with Crippen molar-refractivity contribution in [2.75, 3.05) is 13.1 Å². The quantitative estimate of drug-likeness (QED) is 0.909. The van der Waals surface area contributed by atoms with Crippen molar-refractivity contribution < 1.29 is 23.8 Å². The van der Waals surface area contributed by atoms with Gasteiger partial charge in [-0.15, -0.1) is 0 Å². The van der Waals surface area contributed by atoms with Crippen molar-refractivity contribution in [1.29, 1.82) is 0 Å². The average Bonchev–Trinajstić information content (AvgIpc) is 2.72. The zero-order chi connectivity index (χ0) is 15.6. The molecule has 0 radical (unpaired) electrons. The Bertz CT molecular complexity index is 497. The van der Waals surface area contributed by atoms with E-state index in [2.05, 4.69) is 0 Å². The number of carbonyl (C=O) groups excluding carboxylic acids is 1. The molecule has 0 unspecified atom stereocenters. The molecule has 1 fully saturated rings. The number of rotatable bonds is 2. The fraction of sp³-hybridized carbons (Fsp3) is 0.533. The second kappa shape index (κ2) is 5.89. The lowest BCUT2D eigenvalue weighted by Gasteiger charge is -2.24. The molecular weight excluding hydrogens is 277 g/mol. The van der Waals surface area contributed by atoms with Gasteiger partial charge in [-0.05, 0) is 45.0 Å². The van der Waals surface area contributed by atoms with Gasteiger partial charge < -0.3 is 19.5 Å². The SMILES string of the molecule is CC(C)(C)OC(=O)N1C[C@@H](O)[C@H](Oc2ccc(F)cc2)C1. The van der Waals surface area contributed by atoms with Gasteiger partial charge in [0.15, 0.2) is 0 Å². The van der Waals surface area contributed by atoms with Crippen LogP contribution in [0.3, 0.4) is 0 Å². The number of β-amino-alcohol motifs (C(OH)–C–C–N with tert-alkyl or cyclic N) is 1. The summed E-state index contributed by atoms with van der Waals surface area (Å²) < 4.78 is 23.7. The highest BCUT2D eigenvalue weighted by Gasteiger charge is 2.37. The summed E-state index contributed by atoms with van der Waals surface area (Å²) in [5.74, 6) is 0.0937. The Kier molecular flexibility index (Phi) is 4.37. The second-order valence-electron chi connectivity index (χ2n) is 6.06. The van der Waals surface area contributed by atoms with Gasteiger partial charge in [0.25, 0.3) is 0 Å². The van der Waals surface area contributed by atoms with Crippen molar-refractivity contribution in [2.45, 2.75) is 38.6 Å². The number of aliphatic hydroxyl groups is 1. The van der Waals surface area contributed by atoms with Crippen molar-refractivity contribution in [2.24, 2.45) is 0 Å². The molecule has 0 saturated carbocycles. The van der Waals surface area contributed by atoms with Gasteiger partial charge in [0.05, 0.1) is 13.1 Å². The highest BCUT2D eigenvalue weighted by Crippen LogP contribution is 2.21. The predicted octanol–water partition coefficient (Wildman–Crippen LogP) is 2.18. The summed E-state index contributed by atoms with van der Waals surface area (Å²) in [6, 6.07) is 5.53. The van der Waals surface area contributed by atoms with Crippen LogP contribution in [0.2, 0.25) is 0 Å². The van der Waals surface area contributed by atoms with Crippen LogP contribution in [-0.4, -0.2) is 47.0 Å². The molecule has 0 aromatic heterocycles.